The van der Waals surface area contributed by atoms with Crippen LogP contribution in [0.4, 0.5) is 10.8 Å². The van der Waals surface area contributed by atoms with Gasteiger partial charge in [-0.3, -0.25) is 0 Å². The van der Waals surface area contributed by atoms with Crippen LogP contribution in [0.2, 0.25) is 0 Å². The number of likely N-dealkylation sites (tertiary alicyclic amines) is 1. The number of nitrogens with zero attached hydrogens (tertiary/aromatic N) is 2. The first kappa shape index (κ1) is 14.4. The van der Waals surface area contributed by atoms with Crippen LogP contribution in [-0.4, -0.2) is 36.0 Å². The van der Waals surface area contributed by atoms with Crippen molar-refractivity contribution < 1.29 is 0 Å². The molecule has 5 heteroatoms. The molecule has 21 heavy (non-hydrogen) atoms. The molecule has 0 aliphatic carbocycles. The molecule has 1 aromatic heterocycles. The highest BCUT2D eigenvalue weighted by Gasteiger charge is 2.19. The molecular weight excluding hydrogens is 280 g/mol. The molecule has 0 spiro atoms. The topological polar surface area (TPSA) is 54.2 Å². The maximum Gasteiger partial charge on any atom is 0.147 e. The van der Waals surface area contributed by atoms with Gasteiger partial charge in [0.1, 0.15) is 10.8 Å². The summed E-state index contributed by atoms with van der Waals surface area (Å²) >= 11 is 1.46. The normalized spacial score (nSPS) is 19.6. The number of rotatable bonds is 4. The molecule has 1 aliphatic heterocycles. The molecule has 3 rings (SSSR count). The predicted octanol–water partition coefficient (Wildman–Crippen LogP) is 3.15. The van der Waals surface area contributed by atoms with Gasteiger partial charge in [0.2, 0.25) is 0 Å². The Morgan fingerprint density at radius 1 is 1.38 bits per heavy atom. The molecule has 1 fully saturated rings. The van der Waals surface area contributed by atoms with Crippen LogP contribution in [0, 0.1) is 5.92 Å². The van der Waals surface area contributed by atoms with Gasteiger partial charge in [0.25, 0.3) is 0 Å². The molecule has 2 aromatic rings. The summed E-state index contributed by atoms with van der Waals surface area (Å²) in [5, 5.41) is 4.66. The molecule has 0 radical (unpaired) electrons. The standard InChI is InChI=1S/C16H22N4S/c1-20-9-5-6-12(11-20)10-18-16-14(15(17)19-21-16)13-7-3-2-4-8-13/h2-4,7-8,12,18H,5-6,9-11H2,1H3,(H2,17,19). The first-order valence-corrected chi connectivity index (χ1v) is 8.24. The Morgan fingerprint density at radius 2 is 2.19 bits per heavy atom. The van der Waals surface area contributed by atoms with Gasteiger partial charge in [-0.05, 0) is 49.4 Å². The lowest BCUT2D eigenvalue weighted by atomic mass is 9.98. The highest BCUT2D eigenvalue weighted by molar-refractivity contribution is 7.11. The van der Waals surface area contributed by atoms with Gasteiger partial charge >= 0.3 is 0 Å². The van der Waals surface area contributed by atoms with Crippen LogP contribution in [0.25, 0.3) is 11.1 Å². The molecule has 1 saturated heterocycles. The Bertz CT molecular complexity index is 581. The Kier molecular flexibility index (Phi) is 4.41. The maximum atomic E-state index is 6.06. The van der Waals surface area contributed by atoms with E-state index in [4.69, 9.17) is 5.73 Å². The minimum atomic E-state index is 0.620. The Hall–Kier alpha value is -1.59. The lowest BCUT2D eigenvalue weighted by Crippen LogP contribution is -2.35. The third kappa shape index (κ3) is 3.36. The average Bonchev–Trinajstić information content (AvgIpc) is 2.87. The Balaban J connectivity index is 1.72. The van der Waals surface area contributed by atoms with Crippen molar-refractivity contribution in [1.29, 1.82) is 0 Å². The van der Waals surface area contributed by atoms with Crippen LogP contribution in [-0.2, 0) is 0 Å². The van der Waals surface area contributed by atoms with Crippen molar-refractivity contribution in [1.82, 2.24) is 9.27 Å². The van der Waals surface area contributed by atoms with Crippen LogP contribution < -0.4 is 11.1 Å². The van der Waals surface area contributed by atoms with E-state index in [1.54, 1.807) is 0 Å². The zero-order chi connectivity index (χ0) is 14.7. The number of hydrogen-bond donors (Lipinski definition) is 2. The van der Waals surface area contributed by atoms with E-state index in [0.29, 0.717) is 11.7 Å². The Morgan fingerprint density at radius 3 is 2.95 bits per heavy atom. The highest BCUT2D eigenvalue weighted by atomic mass is 32.1. The average molecular weight is 302 g/mol. The second kappa shape index (κ2) is 6.45. The smallest absolute Gasteiger partial charge is 0.147 e. The summed E-state index contributed by atoms with van der Waals surface area (Å²) in [5.41, 5.74) is 8.23. The van der Waals surface area contributed by atoms with Gasteiger partial charge in [-0.1, -0.05) is 30.3 Å². The number of hydrogen-bond acceptors (Lipinski definition) is 5. The van der Waals surface area contributed by atoms with Crippen molar-refractivity contribution >= 4 is 22.4 Å². The largest absolute Gasteiger partial charge is 0.382 e. The summed E-state index contributed by atoms with van der Waals surface area (Å²) in [4.78, 5) is 2.41. The van der Waals surface area contributed by atoms with Gasteiger partial charge in [-0.2, -0.15) is 4.37 Å². The van der Waals surface area contributed by atoms with Crippen molar-refractivity contribution in [3.05, 3.63) is 30.3 Å². The highest BCUT2D eigenvalue weighted by Crippen LogP contribution is 2.36. The molecule has 1 aliphatic rings. The van der Waals surface area contributed by atoms with Crippen LogP contribution >= 0.6 is 11.5 Å². The van der Waals surface area contributed by atoms with Gasteiger partial charge in [0, 0.05) is 13.1 Å². The van der Waals surface area contributed by atoms with Crippen LogP contribution in [0.15, 0.2) is 30.3 Å². The van der Waals surface area contributed by atoms with Gasteiger partial charge in [-0.25, -0.2) is 0 Å². The molecule has 1 aromatic carbocycles. The first-order chi connectivity index (χ1) is 10.2. The molecule has 1 unspecified atom stereocenters. The van der Waals surface area contributed by atoms with Crippen molar-refractivity contribution in [3.63, 3.8) is 0 Å². The fourth-order valence-electron chi connectivity index (χ4n) is 2.98. The molecular formula is C16H22N4S. The number of aromatic nitrogens is 1. The lowest BCUT2D eigenvalue weighted by molar-refractivity contribution is 0.217. The summed E-state index contributed by atoms with van der Waals surface area (Å²) in [7, 11) is 2.20. The minimum absolute atomic E-state index is 0.620. The minimum Gasteiger partial charge on any atom is -0.382 e. The van der Waals surface area contributed by atoms with E-state index in [2.05, 4.69) is 33.8 Å². The summed E-state index contributed by atoms with van der Waals surface area (Å²) in [6, 6.07) is 10.3. The number of piperidine rings is 1. The summed E-state index contributed by atoms with van der Waals surface area (Å²) < 4.78 is 4.32. The maximum absolute atomic E-state index is 6.06. The van der Waals surface area contributed by atoms with Crippen LogP contribution in [0.5, 0.6) is 0 Å². The molecule has 112 valence electrons. The van der Waals surface area contributed by atoms with E-state index in [1.165, 1.54) is 37.5 Å². The molecule has 1 atom stereocenters. The van der Waals surface area contributed by atoms with Gasteiger partial charge in [0.05, 0.1) is 5.56 Å². The van der Waals surface area contributed by atoms with E-state index in [-0.39, 0.29) is 0 Å². The molecule has 0 bridgehead atoms. The van der Waals surface area contributed by atoms with E-state index in [9.17, 15) is 0 Å². The van der Waals surface area contributed by atoms with Crippen molar-refractivity contribution in [2.45, 2.75) is 12.8 Å². The van der Waals surface area contributed by atoms with Gasteiger partial charge in [-0.15, -0.1) is 0 Å². The van der Waals surface area contributed by atoms with Gasteiger partial charge < -0.3 is 16.0 Å². The van der Waals surface area contributed by atoms with Crippen molar-refractivity contribution in [3.8, 4) is 11.1 Å². The quantitative estimate of drug-likeness (QED) is 0.911. The third-order valence-electron chi connectivity index (χ3n) is 4.05. The summed E-state index contributed by atoms with van der Waals surface area (Å²) in [6.45, 7) is 3.38. The van der Waals surface area contributed by atoms with Crippen molar-refractivity contribution in [2.75, 3.05) is 37.7 Å². The predicted molar refractivity (Wildman–Crippen MR) is 90.7 cm³/mol. The van der Waals surface area contributed by atoms with Crippen LogP contribution in [0.3, 0.4) is 0 Å². The second-order valence-corrected chi connectivity index (χ2v) is 6.56. The van der Waals surface area contributed by atoms with E-state index < -0.39 is 0 Å². The zero-order valence-electron chi connectivity index (χ0n) is 12.4. The molecule has 4 nitrogen and oxygen atoms in total. The SMILES string of the molecule is CN1CCCC(CNc2snc(N)c2-c2ccccc2)C1. The second-order valence-electron chi connectivity index (χ2n) is 5.79. The fourth-order valence-corrected chi connectivity index (χ4v) is 3.73. The summed E-state index contributed by atoms with van der Waals surface area (Å²) in [5.74, 6) is 1.32. The molecule has 2 heterocycles. The fraction of sp³-hybridized carbons (Fsp3) is 0.438. The number of anilines is 2. The zero-order valence-corrected chi connectivity index (χ0v) is 13.2. The van der Waals surface area contributed by atoms with E-state index in [0.717, 1.165) is 22.7 Å². The Labute approximate surface area is 130 Å². The first-order valence-electron chi connectivity index (χ1n) is 7.47. The third-order valence-corrected chi connectivity index (χ3v) is 4.87. The summed E-state index contributed by atoms with van der Waals surface area (Å²) in [6.07, 6.45) is 2.59. The van der Waals surface area contributed by atoms with Gasteiger partial charge in [0.15, 0.2) is 0 Å². The number of nitrogen functional groups attached to an aromatic ring is 1. The van der Waals surface area contributed by atoms with E-state index in [1.807, 2.05) is 18.2 Å². The van der Waals surface area contributed by atoms with E-state index >= 15 is 0 Å². The number of nitrogens with two attached hydrogens (primary N) is 1. The molecule has 0 amide bonds. The van der Waals surface area contributed by atoms with Crippen molar-refractivity contribution in [2.24, 2.45) is 5.92 Å². The van der Waals surface area contributed by atoms with Crippen LogP contribution in [0.1, 0.15) is 12.8 Å². The number of nitrogens with one attached hydrogen (secondary N) is 1. The molecule has 3 N–H and O–H groups in total. The molecule has 0 saturated carbocycles. The number of benzene rings is 1. The lowest BCUT2D eigenvalue weighted by Gasteiger charge is -2.29. The monoisotopic (exact) mass is 302 g/mol.